The highest BCUT2D eigenvalue weighted by atomic mass is 35.5. The maximum Gasteiger partial charge on any atom is 0.409 e. The van der Waals surface area contributed by atoms with Crippen LogP contribution in [0.2, 0.25) is 5.02 Å². The molecule has 3 N–H and O–H groups in total. The number of benzene rings is 1. The van der Waals surface area contributed by atoms with E-state index in [1.165, 1.54) is 30.9 Å². The zero-order valence-corrected chi connectivity index (χ0v) is 41.2. The Bertz CT molecular complexity index is 2110. The Morgan fingerprint density at radius 1 is 1.12 bits per heavy atom. The first-order chi connectivity index (χ1) is 31.7. The van der Waals surface area contributed by atoms with Crippen LogP contribution in [0.5, 0.6) is 0 Å². The van der Waals surface area contributed by atoms with Gasteiger partial charge in [-0.25, -0.2) is 14.6 Å². The third-order valence-corrected chi connectivity index (χ3v) is 13.2. The Hall–Kier alpha value is -4.57. The van der Waals surface area contributed by atoms with Crippen molar-refractivity contribution < 1.29 is 62.3 Å². The van der Waals surface area contributed by atoms with E-state index in [9.17, 15) is 33.9 Å². The van der Waals surface area contributed by atoms with Gasteiger partial charge in [-0.05, 0) is 63.5 Å². The minimum Gasteiger partial charge on any atom is -0.457 e. The number of amides is 5. The molecule has 4 aliphatic rings. The number of nitrogens with zero attached hydrogens (tertiary/aromatic N) is 4. The predicted octanol–water partition coefficient (Wildman–Crippen LogP) is 3.26. The summed E-state index contributed by atoms with van der Waals surface area (Å²) in [4.78, 5) is 81.3. The molecule has 0 saturated carbocycles. The van der Waals surface area contributed by atoms with Gasteiger partial charge in [0.15, 0.2) is 5.72 Å². The molecule has 21 heteroatoms. The first-order valence-corrected chi connectivity index (χ1v) is 23.4. The van der Waals surface area contributed by atoms with Crippen molar-refractivity contribution in [2.75, 3.05) is 71.4 Å². The van der Waals surface area contributed by atoms with E-state index in [1.807, 2.05) is 32.1 Å². The van der Waals surface area contributed by atoms with E-state index in [0.717, 1.165) is 21.7 Å². The lowest BCUT2D eigenvalue weighted by molar-refractivity contribution is -0.162. The van der Waals surface area contributed by atoms with Gasteiger partial charge in [-0.2, -0.15) is 17.7 Å². The number of anilines is 1. The van der Waals surface area contributed by atoms with Crippen LogP contribution in [0, 0.1) is 12.8 Å². The molecule has 5 amide bonds. The Kier molecular flexibility index (Phi) is 18.8. The van der Waals surface area contributed by atoms with Crippen LogP contribution < -0.4 is 15.5 Å². The summed E-state index contributed by atoms with van der Waals surface area (Å²) in [6.45, 7) is 9.43. The number of carbonyl (C=O) groups excluding carboxylic acids is 6. The summed E-state index contributed by atoms with van der Waals surface area (Å²) in [5.74, 6) is -2.20. The number of hydrogen-bond acceptors (Lipinski definition) is 15. The minimum atomic E-state index is -1.85. The van der Waals surface area contributed by atoms with Crippen LogP contribution in [-0.4, -0.2) is 165 Å². The SMILES string of the molecule is CO[C@@H]1/C=C/C=C(\C)Cc2cc(C)c(Cl)c(c2)N(C)C(=O)C[C@H](OC(=O)[C@H](C)N(C)C(=O)CCOCCOCCNC(=O)CN2N=C(CCS)CC2=O)[C@]2(C)OC2[C@H](C)[C@@H]2C[C@]1(O)NC(=O)O2. The summed E-state index contributed by atoms with van der Waals surface area (Å²) in [6, 6.07) is 2.69. The number of halogens is 1. The number of thiol groups is 1. The fourth-order valence-electron chi connectivity index (χ4n) is 8.29. The quantitative estimate of drug-likeness (QED) is 0.0762. The Labute approximate surface area is 402 Å². The van der Waals surface area contributed by atoms with Crippen LogP contribution in [0.4, 0.5) is 10.5 Å². The molecule has 1 aromatic rings. The van der Waals surface area contributed by atoms with Gasteiger partial charge in [0.25, 0.3) is 0 Å². The zero-order chi connectivity index (χ0) is 49.2. The van der Waals surface area contributed by atoms with Crippen molar-refractivity contribution in [2.45, 2.75) is 115 Å². The maximum atomic E-state index is 14.2. The normalized spacial score (nSPS) is 28.3. The third-order valence-electron chi connectivity index (χ3n) is 12.5. The minimum absolute atomic E-state index is 0.0382. The van der Waals surface area contributed by atoms with Gasteiger partial charge in [-0.1, -0.05) is 48.4 Å². The number of likely N-dealkylation sites (N-methyl/N-ethyl adjacent to an activating group) is 1. The zero-order valence-electron chi connectivity index (χ0n) is 39.5. The lowest BCUT2D eigenvalue weighted by Gasteiger charge is -2.42. The molecule has 1 unspecified atom stereocenters. The molecule has 5 rings (SSSR count). The average molecular weight is 978 g/mol. The Morgan fingerprint density at radius 3 is 2.54 bits per heavy atom. The molecule has 4 aliphatic heterocycles. The summed E-state index contributed by atoms with van der Waals surface area (Å²) in [6.07, 6.45) is 1.55. The number of allylic oxidation sites excluding steroid dienone is 3. The number of epoxide rings is 1. The molecular weight excluding hydrogens is 912 g/mol. The number of hydrazone groups is 1. The predicted molar refractivity (Wildman–Crippen MR) is 251 cm³/mol. The molecule has 0 aromatic heterocycles. The monoisotopic (exact) mass is 976 g/mol. The van der Waals surface area contributed by atoms with E-state index in [0.29, 0.717) is 35.0 Å². The molecule has 0 aliphatic carbocycles. The van der Waals surface area contributed by atoms with Crippen molar-refractivity contribution in [3.63, 3.8) is 0 Å². The van der Waals surface area contributed by atoms with E-state index in [4.69, 9.17) is 40.0 Å². The van der Waals surface area contributed by atoms with Crippen LogP contribution in [0.3, 0.4) is 0 Å². The molecule has 1 aromatic carbocycles. The smallest absolute Gasteiger partial charge is 0.409 e. The van der Waals surface area contributed by atoms with Gasteiger partial charge in [0.1, 0.15) is 36.5 Å². The molecule has 67 heavy (non-hydrogen) atoms. The number of nitrogens with one attached hydrogen (secondary N) is 2. The molecule has 2 saturated heterocycles. The summed E-state index contributed by atoms with van der Waals surface area (Å²) in [7, 11) is 4.49. The largest absolute Gasteiger partial charge is 0.457 e. The van der Waals surface area contributed by atoms with Gasteiger partial charge in [0, 0.05) is 45.8 Å². The summed E-state index contributed by atoms with van der Waals surface area (Å²) >= 11 is 10.9. The standard InChI is InChI=1S/C46H65ClN6O13S/c1-27-10-9-11-35(61-8)46(60)25-34(64-44(59)49-46)29(3)42-45(5,66-42)36(24-39(56)52(7)33-22-31(20-27)21-28(2)41(33)47)65-43(58)30(4)51(6)38(55)12-15-62-17-18-63-16-14-48-37(54)26-53-40(57)23-32(50-53)13-19-67/h9-11,21-22,29-30,34-36,42,60,67H,12-20,23-26H2,1-8H3,(H,48,54)(H,49,59)/b11-9+,27-10+/t29-,30+,34+,35-,36+,42?,45+,46-/m1/s1. The number of carbonyl (C=O) groups is 6. The molecule has 19 nitrogen and oxygen atoms in total. The second-order valence-corrected chi connectivity index (χ2v) is 18.4. The van der Waals surface area contributed by atoms with Gasteiger partial charge in [-0.15, -0.1) is 0 Å². The van der Waals surface area contributed by atoms with E-state index < -0.39 is 71.6 Å². The van der Waals surface area contributed by atoms with Crippen LogP contribution in [0.25, 0.3) is 0 Å². The second-order valence-electron chi connectivity index (χ2n) is 17.6. The highest BCUT2D eigenvalue weighted by Gasteiger charge is 2.64. The number of fused-ring (bicyclic) bond motifs is 5. The molecule has 370 valence electrons. The fourth-order valence-corrected chi connectivity index (χ4v) is 8.78. The van der Waals surface area contributed by atoms with Crippen LogP contribution in [-0.2, 0) is 58.8 Å². The number of esters is 1. The van der Waals surface area contributed by atoms with Gasteiger partial charge in [0.2, 0.25) is 23.6 Å². The van der Waals surface area contributed by atoms with Crippen LogP contribution >= 0.6 is 24.2 Å². The Morgan fingerprint density at radius 2 is 1.84 bits per heavy atom. The van der Waals surface area contributed by atoms with E-state index >= 15 is 0 Å². The molecule has 0 spiro atoms. The van der Waals surface area contributed by atoms with Gasteiger partial charge >= 0.3 is 12.1 Å². The summed E-state index contributed by atoms with van der Waals surface area (Å²) < 4.78 is 34.8. The number of hydrogen-bond donors (Lipinski definition) is 4. The number of alkyl carbamates (subject to hydrolysis) is 1. The number of rotatable bonds is 17. The van der Waals surface area contributed by atoms with Gasteiger partial charge < -0.3 is 48.6 Å². The van der Waals surface area contributed by atoms with Crippen molar-refractivity contribution >= 4 is 71.3 Å². The fraction of sp³-hybridized carbons (Fsp3) is 0.630. The average Bonchev–Trinajstić information content (AvgIpc) is 3.86. The second kappa shape index (κ2) is 23.6. The van der Waals surface area contributed by atoms with E-state index in [2.05, 4.69) is 28.4 Å². The first-order valence-electron chi connectivity index (χ1n) is 22.4. The summed E-state index contributed by atoms with van der Waals surface area (Å²) in [5, 5.41) is 22.7. The Balaban J connectivity index is 1.19. The third kappa shape index (κ3) is 13.8. The first kappa shape index (κ1) is 53.4. The van der Waals surface area contributed by atoms with E-state index in [-0.39, 0.29) is 77.0 Å². The topological polar surface area (TPSA) is 227 Å². The molecule has 8 atom stereocenters. The van der Waals surface area contributed by atoms with Crippen molar-refractivity contribution in [1.29, 1.82) is 0 Å². The lowest BCUT2D eigenvalue weighted by atomic mass is 9.83. The lowest BCUT2D eigenvalue weighted by Crippen LogP contribution is -2.63. The van der Waals surface area contributed by atoms with Gasteiger partial charge in [-0.3, -0.25) is 24.5 Å². The highest BCUT2D eigenvalue weighted by Crippen LogP contribution is 2.49. The van der Waals surface area contributed by atoms with Crippen molar-refractivity contribution in [3.05, 3.63) is 52.1 Å². The van der Waals surface area contributed by atoms with E-state index in [1.54, 1.807) is 33.0 Å². The summed E-state index contributed by atoms with van der Waals surface area (Å²) in [5.41, 5.74) is 0.656. The number of aliphatic hydroxyl groups is 1. The molecule has 4 heterocycles. The van der Waals surface area contributed by atoms with Crippen LogP contribution in [0.1, 0.15) is 70.9 Å². The maximum absolute atomic E-state index is 14.2. The number of ether oxygens (including phenoxy) is 6. The molecule has 4 bridgehead atoms. The number of methoxy groups -OCH3 is 1. The molecule has 0 radical (unpaired) electrons. The van der Waals surface area contributed by atoms with Crippen molar-refractivity contribution in [1.82, 2.24) is 20.5 Å². The van der Waals surface area contributed by atoms with Gasteiger partial charge in [0.05, 0.1) is 62.5 Å². The molecular formula is C46H65ClN6O13S. The van der Waals surface area contributed by atoms with Crippen LogP contribution in [0.15, 0.2) is 41.0 Å². The van der Waals surface area contributed by atoms with Crippen molar-refractivity contribution in [3.8, 4) is 0 Å². The molecule has 2 fully saturated rings. The number of aryl methyl sites for hydroxylation is 1. The highest BCUT2D eigenvalue weighted by molar-refractivity contribution is 7.80. The van der Waals surface area contributed by atoms with Crippen molar-refractivity contribution in [2.24, 2.45) is 11.0 Å².